The van der Waals surface area contributed by atoms with Crippen LogP contribution in [0.5, 0.6) is 0 Å². The Hall–Kier alpha value is -2.42. The molecule has 0 radical (unpaired) electrons. The van der Waals surface area contributed by atoms with E-state index in [4.69, 9.17) is 0 Å². The molecular formula is C12H13N5O3S. The lowest BCUT2D eigenvalue weighted by atomic mass is 10.4. The summed E-state index contributed by atoms with van der Waals surface area (Å²) in [5, 5.41) is 14.6. The number of aryl methyl sites for hydroxylation is 1. The van der Waals surface area contributed by atoms with Crippen LogP contribution in [-0.4, -0.2) is 26.4 Å². The summed E-state index contributed by atoms with van der Waals surface area (Å²) in [6.45, 7) is 4.16. The molecule has 8 nitrogen and oxygen atoms in total. The number of aromatic amines is 1. The smallest absolute Gasteiger partial charge is 0.275 e. The molecule has 110 valence electrons. The van der Waals surface area contributed by atoms with Crippen LogP contribution in [0.25, 0.3) is 0 Å². The van der Waals surface area contributed by atoms with Crippen molar-refractivity contribution in [3.8, 4) is 0 Å². The number of H-pyrrole nitrogens is 1. The van der Waals surface area contributed by atoms with E-state index in [-0.39, 0.29) is 11.2 Å². The van der Waals surface area contributed by atoms with Gasteiger partial charge in [0, 0.05) is 24.4 Å². The van der Waals surface area contributed by atoms with Crippen LogP contribution in [0.15, 0.2) is 33.2 Å². The minimum Gasteiger partial charge on any atom is -0.370 e. The summed E-state index contributed by atoms with van der Waals surface area (Å²) < 4.78 is 0. The van der Waals surface area contributed by atoms with E-state index in [1.807, 2.05) is 6.92 Å². The molecule has 0 atom stereocenters. The predicted octanol–water partition coefficient (Wildman–Crippen LogP) is 1.96. The molecule has 0 spiro atoms. The number of nitrogens with one attached hydrogen (secondary N) is 2. The van der Waals surface area contributed by atoms with Gasteiger partial charge in [0.1, 0.15) is 10.8 Å². The molecule has 0 saturated heterocycles. The van der Waals surface area contributed by atoms with Gasteiger partial charge >= 0.3 is 0 Å². The molecule has 0 amide bonds. The Balaban J connectivity index is 2.38. The first kappa shape index (κ1) is 15.0. The van der Waals surface area contributed by atoms with Gasteiger partial charge in [0.25, 0.3) is 11.2 Å². The van der Waals surface area contributed by atoms with E-state index in [9.17, 15) is 14.9 Å². The maximum Gasteiger partial charge on any atom is 0.275 e. The number of nitrogens with zero attached hydrogens (tertiary/aromatic N) is 3. The molecule has 0 aliphatic carbocycles. The first-order chi connectivity index (χ1) is 9.97. The fourth-order valence-electron chi connectivity index (χ4n) is 1.62. The summed E-state index contributed by atoms with van der Waals surface area (Å²) in [4.78, 5) is 32.8. The highest BCUT2D eigenvalue weighted by Gasteiger charge is 2.13. The Morgan fingerprint density at radius 3 is 2.76 bits per heavy atom. The summed E-state index contributed by atoms with van der Waals surface area (Å²) in [7, 11) is 0. The minimum absolute atomic E-state index is 0.0709. The molecule has 0 unspecified atom stereocenters. The van der Waals surface area contributed by atoms with Crippen molar-refractivity contribution >= 4 is 23.3 Å². The molecule has 0 saturated carbocycles. The van der Waals surface area contributed by atoms with E-state index in [1.165, 1.54) is 18.2 Å². The monoisotopic (exact) mass is 307 g/mol. The zero-order chi connectivity index (χ0) is 15.4. The molecule has 0 aliphatic heterocycles. The minimum atomic E-state index is -0.487. The molecule has 21 heavy (non-hydrogen) atoms. The van der Waals surface area contributed by atoms with E-state index < -0.39 is 4.92 Å². The zero-order valence-corrected chi connectivity index (χ0v) is 12.2. The summed E-state index contributed by atoms with van der Waals surface area (Å²) >= 11 is 1.07. The van der Waals surface area contributed by atoms with Crippen LogP contribution in [0.2, 0.25) is 0 Å². The number of rotatable bonds is 5. The van der Waals surface area contributed by atoms with Crippen LogP contribution in [0.4, 0.5) is 11.5 Å². The number of hydrogen-bond acceptors (Lipinski definition) is 7. The molecule has 0 fully saturated rings. The zero-order valence-electron chi connectivity index (χ0n) is 11.4. The molecule has 2 N–H and O–H groups in total. The van der Waals surface area contributed by atoms with E-state index in [0.29, 0.717) is 28.2 Å². The lowest BCUT2D eigenvalue weighted by Crippen LogP contribution is -2.08. The van der Waals surface area contributed by atoms with E-state index >= 15 is 0 Å². The van der Waals surface area contributed by atoms with E-state index in [2.05, 4.69) is 20.3 Å². The Morgan fingerprint density at radius 1 is 1.38 bits per heavy atom. The third-order valence-electron chi connectivity index (χ3n) is 2.40. The third kappa shape index (κ3) is 4.02. The van der Waals surface area contributed by atoms with Gasteiger partial charge in [-0.2, -0.15) is 0 Å². The van der Waals surface area contributed by atoms with Crippen LogP contribution in [0.1, 0.15) is 12.6 Å². The summed E-state index contributed by atoms with van der Waals surface area (Å²) in [5.74, 6) is 0.407. The molecule has 9 heteroatoms. The first-order valence-electron chi connectivity index (χ1n) is 6.14. The van der Waals surface area contributed by atoms with Gasteiger partial charge in [-0.1, -0.05) is 0 Å². The second-order valence-corrected chi connectivity index (χ2v) is 5.14. The highest BCUT2D eigenvalue weighted by molar-refractivity contribution is 7.99. The highest BCUT2D eigenvalue weighted by Crippen LogP contribution is 2.27. The molecule has 0 aromatic carbocycles. The van der Waals surface area contributed by atoms with Gasteiger partial charge in [-0.05, 0) is 25.6 Å². The second kappa shape index (κ2) is 6.35. The Labute approximate surface area is 124 Å². The SMILES string of the molecule is CCNc1cc([N+](=O)[O-])cc(Sc2nc(C)cc(=O)[nH]2)n1. The molecule has 0 bridgehead atoms. The van der Waals surface area contributed by atoms with E-state index in [0.717, 1.165) is 11.8 Å². The quantitative estimate of drug-likeness (QED) is 0.493. The maximum atomic E-state index is 11.4. The number of aromatic nitrogens is 3. The second-order valence-electron chi connectivity index (χ2n) is 4.13. The third-order valence-corrected chi connectivity index (χ3v) is 3.21. The van der Waals surface area contributed by atoms with Crippen molar-refractivity contribution in [1.82, 2.24) is 15.0 Å². The number of hydrogen-bond donors (Lipinski definition) is 2. The van der Waals surface area contributed by atoms with Gasteiger partial charge in [-0.15, -0.1) is 0 Å². The fourth-order valence-corrected chi connectivity index (χ4v) is 2.48. The topological polar surface area (TPSA) is 114 Å². The number of nitro groups is 1. The standard InChI is InChI=1S/C12H13N5O3S/c1-3-13-9-5-8(17(19)20)6-11(15-9)21-12-14-7(2)4-10(18)16-12/h4-6H,3H2,1-2H3,(H,13,15)(H,14,16,18). The molecular weight excluding hydrogens is 294 g/mol. The van der Waals surface area contributed by atoms with Crippen LogP contribution >= 0.6 is 11.8 Å². The van der Waals surface area contributed by atoms with Crippen molar-refractivity contribution in [3.63, 3.8) is 0 Å². The highest BCUT2D eigenvalue weighted by atomic mass is 32.2. The normalized spacial score (nSPS) is 10.4. The van der Waals surface area contributed by atoms with E-state index in [1.54, 1.807) is 6.92 Å². The lowest BCUT2D eigenvalue weighted by molar-refractivity contribution is -0.385. The van der Waals surface area contributed by atoms with Crippen LogP contribution in [0, 0.1) is 17.0 Å². The maximum absolute atomic E-state index is 11.4. The largest absolute Gasteiger partial charge is 0.370 e. The first-order valence-corrected chi connectivity index (χ1v) is 6.95. The van der Waals surface area contributed by atoms with Crippen molar-refractivity contribution in [2.45, 2.75) is 24.0 Å². The van der Waals surface area contributed by atoms with Gasteiger partial charge in [0.15, 0.2) is 5.16 Å². The summed E-state index contributed by atoms with van der Waals surface area (Å²) in [6, 6.07) is 4.07. The van der Waals surface area contributed by atoms with Crippen LogP contribution in [-0.2, 0) is 0 Å². The van der Waals surface area contributed by atoms with Crippen LogP contribution in [0.3, 0.4) is 0 Å². The fraction of sp³-hybridized carbons (Fsp3) is 0.250. The average molecular weight is 307 g/mol. The summed E-state index contributed by atoms with van der Waals surface area (Å²) in [6.07, 6.45) is 0. The molecule has 2 aromatic heterocycles. The summed E-state index contributed by atoms with van der Waals surface area (Å²) in [5.41, 5.74) is 0.222. The number of anilines is 1. The van der Waals surface area contributed by atoms with Gasteiger partial charge in [-0.3, -0.25) is 14.9 Å². The van der Waals surface area contributed by atoms with Gasteiger partial charge in [-0.25, -0.2) is 9.97 Å². The lowest BCUT2D eigenvalue weighted by Gasteiger charge is -2.05. The van der Waals surface area contributed by atoms with Crippen molar-refractivity contribution in [1.29, 1.82) is 0 Å². The van der Waals surface area contributed by atoms with Crippen molar-refractivity contribution in [2.24, 2.45) is 0 Å². The van der Waals surface area contributed by atoms with Crippen molar-refractivity contribution in [3.05, 3.63) is 44.4 Å². The van der Waals surface area contributed by atoms with Crippen molar-refractivity contribution < 1.29 is 4.92 Å². The Kier molecular flexibility index (Phi) is 4.53. The molecule has 2 rings (SSSR count). The molecule has 2 heterocycles. The van der Waals surface area contributed by atoms with Gasteiger partial charge in [0.05, 0.1) is 11.0 Å². The molecule has 0 aliphatic rings. The number of pyridine rings is 1. The predicted molar refractivity (Wildman–Crippen MR) is 78.8 cm³/mol. The Morgan fingerprint density at radius 2 is 2.14 bits per heavy atom. The molecule has 2 aromatic rings. The van der Waals surface area contributed by atoms with Crippen molar-refractivity contribution in [2.75, 3.05) is 11.9 Å². The van der Waals surface area contributed by atoms with Crippen LogP contribution < -0.4 is 10.9 Å². The average Bonchev–Trinajstić information content (AvgIpc) is 2.37. The van der Waals surface area contributed by atoms with Gasteiger partial charge < -0.3 is 10.3 Å². The Bertz CT molecular complexity index is 731. The van der Waals surface area contributed by atoms with Gasteiger partial charge in [0.2, 0.25) is 0 Å².